The Hall–Kier alpha value is -2.71. The van der Waals surface area contributed by atoms with Gasteiger partial charge in [-0.2, -0.15) is 0 Å². The summed E-state index contributed by atoms with van der Waals surface area (Å²) in [5.41, 5.74) is -1.85. The highest BCUT2D eigenvalue weighted by Crippen LogP contribution is 2.33. The first-order valence-corrected chi connectivity index (χ1v) is 6.83. The second-order valence-electron chi connectivity index (χ2n) is 4.64. The number of aromatic nitrogens is 1. The molecule has 0 bridgehead atoms. The van der Waals surface area contributed by atoms with Gasteiger partial charge in [0.2, 0.25) is 0 Å². The second kappa shape index (κ2) is 5.18. The molecule has 0 atom stereocenters. The quantitative estimate of drug-likeness (QED) is 0.426. The summed E-state index contributed by atoms with van der Waals surface area (Å²) in [6.07, 6.45) is 0. The predicted octanol–water partition coefficient (Wildman–Crippen LogP) is 3.80. The number of pyridine rings is 1. The molecule has 0 saturated carbocycles. The van der Waals surface area contributed by atoms with Gasteiger partial charge in [0.25, 0.3) is 11.4 Å². The van der Waals surface area contributed by atoms with E-state index in [4.69, 9.17) is 23.2 Å². The summed E-state index contributed by atoms with van der Waals surface area (Å²) in [6, 6.07) is 4.59. The van der Waals surface area contributed by atoms with Gasteiger partial charge in [-0.05, 0) is 12.1 Å². The first kappa shape index (κ1) is 15.2. The molecule has 3 rings (SSSR count). The molecule has 8 nitrogen and oxygen atoms in total. The number of halogens is 2. The average Bonchev–Trinajstić information content (AvgIpc) is 2.49. The minimum Gasteiger partial charge on any atom is -0.347 e. The first-order valence-electron chi connectivity index (χ1n) is 6.07. The number of nitro groups is 2. The molecule has 3 aromatic rings. The lowest BCUT2D eigenvalue weighted by atomic mass is 10.1. The van der Waals surface area contributed by atoms with Gasteiger partial charge < -0.3 is 4.98 Å². The number of nitro benzene ring substituents is 2. The standard InChI is InChI=1S/C13H5Cl2N3O5/c14-7-1-2-8(15)12-10(7)13(19)6-3-5(17(20)21)4-9(18(22)23)11(6)16-12/h1-4H,(H,16,19). The summed E-state index contributed by atoms with van der Waals surface area (Å²) in [7, 11) is 0. The molecule has 0 aliphatic carbocycles. The molecule has 1 aromatic heterocycles. The fourth-order valence-electron chi connectivity index (χ4n) is 2.33. The van der Waals surface area contributed by atoms with Crippen LogP contribution in [-0.2, 0) is 0 Å². The Balaban J connectivity index is 2.64. The van der Waals surface area contributed by atoms with Crippen LogP contribution in [0, 0.1) is 20.2 Å². The van der Waals surface area contributed by atoms with Crippen LogP contribution in [0.2, 0.25) is 10.0 Å². The molecule has 0 radical (unpaired) electrons. The SMILES string of the molecule is O=c1c2cc([N+](=O)[O-])cc([N+](=O)[O-])c2[nH]c2c(Cl)ccc(Cl)c12. The maximum atomic E-state index is 12.6. The van der Waals surface area contributed by atoms with Crippen molar-refractivity contribution in [3.63, 3.8) is 0 Å². The summed E-state index contributed by atoms with van der Waals surface area (Å²) < 4.78 is 0. The Morgan fingerprint density at radius 3 is 2.22 bits per heavy atom. The highest BCUT2D eigenvalue weighted by Gasteiger charge is 2.23. The highest BCUT2D eigenvalue weighted by molar-refractivity contribution is 6.40. The highest BCUT2D eigenvalue weighted by atomic mass is 35.5. The summed E-state index contributed by atoms with van der Waals surface area (Å²) in [4.78, 5) is 35.8. The Bertz CT molecular complexity index is 1080. The smallest absolute Gasteiger partial charge is 0.300 e. The number of nitrogens with one attached hydrogen (secondary N) is 1. The monoisotopic (exact) mass is 353 g/mol. The van der Waals surface area contributed by atoms with Crippen molar-refractivity contribution in [2.75, 3.05) is 0 Å². The van der Waals surface area contributed by atoms with Crippen molar-refractivity contribution < 1.29 is 9.85 Å². The number of benzene rings is 2. The van der Waals surface area contributed by atoms with E-state index in [0.717, 1.165) is 12.1 Å². The molecule has 0 aliphatic heterocycles. The molecule has 0 unspecified atom stereocenters. The molecule has 116 valence electrons. The number of fused-ring (bicyclic) bond motifs is 2. The largest absolute Gasteiger partial charge is 0.347 e. The Labute approximate surface area is 136 Å². The molecule has 0 aliphatic rings. The second-order valence-corrected chi connectivity index (χ2v) is 5.45. The van der Waals surface area contributed by atoms with Crippen molar-refractivity contribution in [3.8, 4) is 0 Å². The van der Waals surface area contributed by atoms with E-state index in [0.29, 0.717) is 0 Å². The number of hydrogen-bond acceptors (Lipinski definition) is 5. The molecule has 1 N–H and O–H groups in total. The van der Waals surface area contributed by atoms with Crippen molar-refractivity contribution >= 4 is 56.4 Å². The van der Waals surface area contributed by atoms with Gasteiger partial charge in [-0.15, -0.1) is 0 Å². The van der Waals surface area contributed by atoms with Crippen molar-refractivity contribution in [1.82, 2.24) is 4.98 Å². The Morgan fingerprint density at radius 1 is 0.957 bits per heavy atom. The third-order valence-corrected chi connectivity index (χ3v) is 3.97. The van der Waals surface area contributed by atoms with Crippen molar-refractivity contribution in [2.45, 2.75) is 0 Å². The number of hydrogen-bond donors (Lipinski definition) is 1. The van der Waals surface area contributed by atoms with Gasteiger partial charge in [-0.25, -0.2) is 0 Å². The maximum absolute atomic E-state index is 12.6. The predicted molar refractivity (Wildman–Crippen MR) is 85.4 cm³/mol. The Kier molecular flexibility index (Phi) is 3.42. The number of H-pyrrole nitrogens is 1. The first-order chi connectivity index (χ1) is 10.8. The van der Waals surface area contributed by atoms with Gasteiger partial charge in [0.1, 0.15) is 5.52 Å². The van der Waals surface area contributed by atoms with Crippen LogP contribution in [-0.4, -0.2) is 14.8 Å². The number of non-ortho nitro benzene ring substituents is 2. The summed E-state index contributed by atoms with van der Waals surface area (Å²) in [6.45, 7) is 0. The Morgan fingerprint density at radius 2 is 1.61 bits per heavy atom. The molecular formula is C13H5Cl2N3O5. The van der Waals surface area contributed by atoms with Crippen molar-refractivity contribution in [2.24, 2.45) is 0 Å². The molecule has 0 saturated heterocycles. The van der Waals surface area contributed by atoms with Crippen molar-refractivity contribution in [3.05, 3.63) is 64.8 Å². The molecule has 23 heavy (non-hydrogen) atoms. The van der Waals surface area contributed by atoms with Crippen LogP contribution in [0.25, 0.3) is 21.8 Å². The minimum absolute atomic E-state index is 0.0152. The van der Waals surface area contributed by atoms with Crippen LogP contribution in [0.15, 0.2) is 29.1 Å². The molecule has 0 amide bonds. The van der Waals surface area contributed by atoms with Gasteiger partial charge in [-0.1, -0.05) is 23.2 Å². The topological polar surface area (TPSA) is 119 Å². The fourth-order valence-corrected chi connectivity index (χ4v) is 2.78. The molecule has 2 aromatic carbocycles. The lowest BCUT2D eigenvalue weighted by Gasteiger charge is -2.06. The van der Waals surface area contributed by atoms with Crippen LogP contribution in [0.5, 0.6) is 0 Å². The fraction of sp³-hybridized carbons (Fsp3) is 0. The zero-order valence-corrected chi connectivity index (χ0v) is 12.5. The van der Waals surface area contributed by atoms with Crippen LogP contribution in [0.3, 0.4) is 0 Å². The van der Waals surface area contributed by atoms with Gasteiger partial charge in [0, 0.05) is 6.07 Å². The lowest BCUT2D eigenvalue weighted by Crippen LogP contribution is -2.07. The minimum atomic E-state index is -0.810. The van der Waals surface area contributed by atoms with E-state index in [9.17, 15) is 25.0 Å². The number of nitrogens with zero attached hydrogens (tertiary/aromatic N) is 2. The van der Waals surface area contributed by atoms with Gasteiger partial charge >= 0.3 is 0 Å². The molecule has 0 spiro atoms. The maximum Gasteiger partial charge on any atom is 0.300 e. The summed E-state index contributed by atoms with van der Waals surface area (Å²) in [5, 5.41) is 22.2. The van der Waals surface area contributed by atoms with E-state index in [-0.39, 0.29) is 31.9 Å². The zero-order chi connectivity index (χ0) is 16.9. The van der Waals surface area contributed by atoms with Gasteiger partial charge in [-0.3, -0.25) is 25.0 Å². The number of rotatable bonds is 2. The van der Waals surface area contributed by atoms with Gasteiger partial charge in [0.05, 0.1) is 42.2 Å². The summed E-state index contributed by atoms with van der Waals surface area (Å²) in [5.74, 6) is 0. The third-order valence-electron chi connectivity index (χ3n) is 3.34. The van der Waals surface area contributed by atoms with Crippen molar-refractivity contribution in [1.29, 1.82) is 0 Å². The zero-order valence-electron chi connectivity index (χ0n) is 11.0. The van der Waals surface area contributed by atoms with Crippen LogP contribution >= 0.6 is 23.2 Å². The van der Waals surface area contributed by atoms with E-state index < -0.39 is 26.7 Å². The van der Waals surface area contributed by atoms with E-state index in [1.54, 1.807) is 0 Å². The average molecular weight is 354 g/mol. The lowest BCUT2D eigenvalue weighted by molar-refractivity contribution is -0.393. The molecule has 0 fully saturated rings. The van der Waals surface area contributed by atoms with Gasteiger partial charge in [0.15, 0.2) is 5.43 Å². The number of aromatic amines is 1. The molecule has 10 heteroatoms. The van der Waals surface area contributed by atoms with E-state index >= 15 is 0 Å². The summed E-state index contributed by atoms with van der Waals surface area (Å²) >= 11 is 12.0. The normalized spacial score (nSPS) is 11.0. The van der Waals surface area contributed by atoms with Crippen LogP contribution < -0.4 is 5.43 Å². The molecule has 1 heterocycles. The van der Waals surface area contributed by atoms with E-state index in [2.05, 4.69) is 4.98 Å². The van der Waals surface area contributed by atoms with Crippen LogP contribution in [0.1, 0.15) is 0 Å². The van der Waals surface area contributed by atoms with E-state index in [1.807, 2.05) is 0 Å². The van der Waals surface area contributed by atoms with Crippen LogP contribution in [0.4, 0.5) is 11.4 Å². The third kappa shape index (κ3) is 2.28. The molecular weight excluding hydrogens is 349 g/mol. The van der Waals surface area contributed by atoms with E-state index in [1.165, 1.54) is 12.1 Å².